The van der Waals surface area contributed by atoms with Crippen molar-refractivity contribution in [2.45, 2.75) is 27.3 Å². The van der Waals surface area contributed by atoms with Gasteiger partial charge in [-0.3, -0.25) is 0 Å². The maximum atomic E-state index is 6.22. The summed E-state index contributed by atoms with van der Waals surface area (Å²) in [6.07, 6.45) is 0. The number of halogens is 1. The van der Waals surface area contributed by atoms with Gasteiger partial charge in [0.05, 0.1) is 16.3 Å². The van der Waals surface area contributed by atoms with E-state index >= 15 is 0 Å². The SMILES string of the molecule is CCNCc1c(C)nn(C)c1Oc1ccc(C)cc1Cl. The molecule has 0 saturated heterocycles. The number of benzene rings is 1. The number of nitrogens with one attached hydrogen (secondary N) is 1. The lowest BCUT2D eigenvalue weighted by Crippen LogP contribution is -2.12. The van der Waals surface area contributed by atoms with Crippen LogP contribution in [-0.4, -0.2) is 16.3 Å². The zero-order chi connectivity index (χ0) is 14.7. The third kappa shape index (κ3) is 3.14. The molecule has 2 rings (SSSR count). The molecular formula is C15H20ClN3O. The molecule has 0 atom stereocenters. The van der Waals surface area contributed by atoms with E-state index in [1.165, 1.54) is 0 Å². The molecule has 0 unspecified atom stereocenters. The van der Waals surface area contributed by atoms with Crippen molar-refractivity contribution in [1.29, 1.82) is 0 Å². The second kappa shape index (κ2) is 6.29. The van der Waals surface area contributed by atoms with Crippen LogP contribution in [0.5, 0.6) is 11.6 Å². The molecule has 1 aromatic heterocycles. The van der Waals surface area contributed by atoms with Crippen LogP contribution in [-0.2, 0) is 13.6 Å². The molecule has 0 spiro atoms. The van der Waals surface area contributed by atoms with Gasteiger partial charge in [-0.15, -0.1) is 0 Å². The summed E-state index contributed by atoms with van der Waals surface area (Å²) < 4.78 is 7.72. The largest absolute Gasteiger partial charge is 0.437 e. The van der Waals surface area contributed by atoms with E-state index in [0.717, 1.165) is 35.8 Å². The van der Waals surface area contributed by atoms with Gasteiger partial charge in [0.2, 0.25) is 5.88 Å². The lowest BCUT2D eigenvalue weighted by molar-refractivity contribution is 0.424. The number of hydrogen-bond donors (Lipinski definition) is 1. The molecule has 1 N–H and O–H groups in total. The molecule has 0 aliphatic carbocycles. The van der Waals surface area contributed by atoms with Crippen molar-refractivity contribution in [3.05, 3.63) is 40.0 Å². The Labute approximate surface area is 124 Å². The van der Waals surface area contributed by atoms with Crippen LogP contribution >= 0.6 is 11.6 Å². The third-order valence-corrected chi connectivity index (χ3v) is 3.43. The van der Waals surface area contributed by atoms with E-state index in [9.17, 15) is 0 Å². The number of hydrogen-bond acceptors (Lipinski definition) is 3. The Bertz CT molecular complexity index is 607. The molecule has 0 aliphatic heterocycles. The molecule has 0 saturated carbocycles. The summed E-state index contributed by atoms with van der Waals surface area (Å²) in [5, 5.41) is 8.33. The van der Waals surface area contributed by atoms with Gasteiger partial charge < -0.3 is 10.1 Å². The normalized spacial score (nSPS) is 10.8. The summed E-state index contributed by atoms with van der Waals surface area (Å²) in [5.41, 5.74) is 3.13. The molecule has 0 aliphatic rings. The fourth-order valence-corrected chi connectivity index (χ4v) is 2.33. The van der Waals surface area contributed by atoms with Gasteiger partial charge in [-0.25, -0.2) is 4.68 Å². The van der Waals surface area contributed by atoms with Crippen LogP contribution in [0.2, 0.25) is 5.02 Å². The maximum Gasteiger partial charge on any atom is 0.222 e. The van der Waals surface area contributed by atoms with Gasteiger partial charge in [-0.1, -0.05) is 24.6 Å². The van der Waals surface area contributed by atoms with Crippen LogP contribution in [0.1, 0.15) is 23.7 Å². The summed E-state index contributed by atoms with van der Waals surface area (Å²) in [6, 6.07) is 5.76. The smallest absolute Gasteiger partial charge is 0.222 e. The van der Waals surface area contributed by atoms with Crippen LogP contribution in [0.3, 0.4) is 0 Å². The second-order valence-electron chi connectivity index (χ2n) is 4.81. The maximum absolute atomic E-state index is 6.22. The predicted molar refractivity (Wildman–Crippen MR) is 81.6 cm³/mol. The molecule has 1 aromatic carbocycles. The standard InChI is InChI=1S/C15H20ClN3O/c1-5-17-9-12-11(3)18-19(4)15(12)20-14-7-6-10(2)8-13(14)16/h6-8,17H,5,9H2,1-4H3. The molecule has 0 bridgehead atoms. The highest BCUT2D eigenvalue weighted by atomic mass is 35.5. The van der Waals surface area contributed by atoms with E-state index in [0.29, 0.717) is 10.8 Å². The molecule has 0 amide bonds. The van der Waals surface area contributed by atoms with Crippen molar-refractivity contribution < 1.29 is 4.74 Å². The van der Waals surface area contributed by atoms with Crippen LogP contribution in [0, 0.1) is 13.8 Å². The first-order chi connectivity index (χ1) is 9.52. The summed E-state index contributed by atoms with van der Waals surface area (Å²) in [4.78, 5) is 0. The van der Waals surface area contributed by atoms with E-state index in [2.05, 4.69) is 17.3 Å². The molecule has 108 valence electrons. The number of ether oxygens (including phenoxy) is 1. The van der Waals surface area contributed by atoms with Gasteiger partial charge in [0.25, 0.3) is 0 Å². The average molecular weight is 294 g/mol. The molecular weight excluding hydrogens is 274 g/mol. The quantitative estimate of drug-likeness (QED) is 0.915. The monoisotopic (exact) mass is 293 g/mol. The average Bonchev–Trinajstić information content (AvgIpc) is 2.65. The predicted octanol–water partition coefficient (Wildman–Crippen LogP) is 3.59. The number of aryl methyl sites for hydroxylation is 3. The molecule has 0 radical (unpaired) electrons. The van der Waals surface area contributed by atoms with Crippen LogP contribution < -0.4 is 10.1 Å². The van der Waals surface area contributed by atoms with Crippen molar-refractivity contribution in [3.8, 4) is 11.6 Å². The highest BCUT2D eigenvalue weighted by Gasteiger charge is 2.16. The van der Waals surface area contributed by atoms with Gasteiger partial charge in [-0.2, -0.15) is 5.10 Å². The topological polar surface area (TPSA) is 39.1 Å². The van der Waals surface area contributed by atoms with Crippen LogP contribution in [0.15, 0.2) is 18.2 Å². The van der Waals surface area contributed by atoms with E-state index in [1.807, 2.05) is 39.1 Å². The van der Waals surface area contributed by atoms with E-state index in [4.69, 9.17) is 16.3 Å². The lowest BCUT2D eigenvalue weighted by Gasteiger charge is -2.11. The highest BCUT2D eigenvalue weighted by molar-refractivity contribution is 6.32. The Morgan fingerprint density at radius 2 is 2.10 bits per heavy atom. The first-order valence-electron chi connectivity index (χ1n) is 6.70. The fourth-order valence-electron chi connectivity index (χ4n) is 2.05. The summed E-state index contributed by atoms with van der Waals surface area (Å²) in [6.45, 7) is 7.69. The van der Waals surface area contributed by atoms with Gasteiger partial charge in [-0.05, 0) is 38.1 Å². The zero-order valence-corrected chi connectivity index (χ0v) is 13.1. The number of aromatic nitrogens is 2. The zero-order valence-electron chi connectivity index (χ0n) is 12.3. The van der Waals surface area contributed by atoms with Crippen molar-refractivity contribution in [1.82, 2.24) is 15.1 Å². The second-order valence-corrected chi connectivity index (χ2v) is 5.22. The first kappa shape index (κ1) is 14.9. The minimum atomic E-state index is 0.609. The molecule has 2 aromatic rings. The van der Waals surface area contributed by atoms with E-state index in [1.54, 1.807) is 4.68 Å². The summed E-state index contributed by atoms with van der Waals surface area (Å²) >= 11 is 6.22. The van der Waals surface area contributed by atoms with Gasteiger partial charge in [0.1, 0.15) is 5.75 Å². The Kier molecular flexibility index (Phi) is 4.68. The van der Waals surface area contributed by atoms with Crippen molar-refractivity contribution in [2.75, 3.05) is 6.54 Å². The highest BCUT2D eigenvalue weighted by Crippen LogP contribution is 2.32. The van der Waals surface area contributed by atoms with E-state index < -0.39 is 0 Å². The van der Waals surface area contributed by atoms with Crippen LogP contribution in [0.25, 0.3) is 0 Å². The van der Waals surface area contributed by atoms with Gasteiger partial charge >= 0.3 is 0 Å². The van der Waals surface area contributed by atoms with Crippen molar-refractivity contribution in [2.24, 2.45) is 7.05 Å². The molecule has 4 nitrogen and oxygen atoms in total. The Morgan fingerprint density at radius 1 is 1.35 bits per heavy atom. The summed E-state index contributed by atoms with van der Waals surface area (Å²) in [5.74, 6) is 1.38. The third-order valence-electron chi connectivity index (χ3n) is 3.13. The minimum absolute atomic E-state index is 0.609. The Morgan fingerprint density at radius 3 is 2.75 bits per heavy atom. The molecule has 1 heterocycles. The van der Waals surface area contributed by atoms with Crippen LogP contribution in [0.4, 0.5) is 0 Å². The fraction of sp³-hybridized carbons (Fsp3) is 0.400. The van der Waals surface area contributed by atoms with Crippen molar-refractivity contribution >= 4 is 11.6 Å². The Hall–Kier alpha value is -1.52. The minimum Gasteiger partial charge on any atom is -0.437 e. The molecule has 5 heteroatoms. The molecule has 0 fully saturated rings. The molecule has 20 heavy (non-hydrogen) atoms. The van der Waals surface area contributed by atoms with Gasteiger partial charge in [0.15, 0.2) is 0 Å². The lowest BCUT2D eigenvalue weighted by atomic mass is 10.2. The first-order valence-corrected chi connectivity index (χ1v) is 7.08. The number of rotatable bonds is 5. The van der Waals surface area contributed by atoms with Crippen molar-refractivity contribution in [3.63, 3.8) is 0 Å². The number of nitrogens with zero attached hydrogens (tertiary/aromatic N) is 2. The summed E-state index contributed by atoms with van der Waals surface area (Å²) in [7, 11) is 1.87. The van der Waals surface area contributed by atoms with Gasteiger partial charge in [0, 0.05) is 13.6 Å². The Balaban J connectivity index is 2.32. The van der Waals surface area contributed by atoms with E-state index in [-0.39, 0.29) is 0 Å².